The second-order valence-corrected chi connectivity index (χ2v) is 7.64. The Kier molecular flexibility index (Phi) is 3.36. The molecule has 0 bridgehead atoms. The average Bonchev–Trinajstić information content (AvgIpc) is 3.00. The van der Waals surface area contributed by atoms with Crippen LogP contribution in [0, 0.1) is 12.3 Å². The molecule has 110 valence electrons. The molecule has 0 spiro atoms. The van der Waals surface area contributed by atoms with Gasteiger partial charge in [0, 0.05) is 5.41 Å². The first-order valence-corrected chi connectivity index (χ1v) is 7.80. The largest absolute Gasteiger partial charge is 0.380 e. The van der Waals surface area contributed by atoms with Crippen LogP contribution in [0.2, 0.25) is 0 Å². The predicted molar refractivity (Wildman–Crippen MR) is 87.8 cm³/mol. The average molecular weight is 321 g/mol. The van der Waals surface area contributed by atoms with Gasteiger partial charge in [-0.05, 0) is 24.5 Å². The Morgan fingerprint density at radius 3 is 1.90 bits per heavy atom. The third kappa shape index (κ3) is 2.11. The highest BCUT2D eigenvalue weighted by Crippen LogP contribution is 2.72. The van der Waals surface area contributed by atoms with Gasteiger partial charge in [-0.15, -0.1) is 23.2 Å². The zero-order chi connectivity index (χ0) is 15.3. The Balaban J connectivity index is 2.19. The smallest absolute Gasteiger partial charge is 0.127 e. The molecule has 0 aliphatic heterocycles. The maximum Gasteiger partial charge on any atom is 0.127 e. The molecule has 0 radical (unpaired) electrons. The first kappa shape index (κ1) is 14.9. The van der Waals surface area contributed by atoms with E-state index in [1.54, 1.807) is 0 Å². The second kappa shape index (κ2) is 4.74. The van der Waals surface area contributed by atoms with E-state index in [0.717, 1.165) is 16.7 Å². The quantitative estimate of drug-likeness (QED) is 0.804. The summed E-state index contributed by atoms with van der Waals surface area (Å²) in [7, 11) is 0. The molecular weight excluding hydrogens is 303 g/mol. The maximum atomic E-state index is 11.6. The van der Waals surface area contributed by atoms with Crippen LogP contribution in [0.3, 0.4) is 0 Å². The number of rotatable bonds is 3. The van der Waals surface area contributed by atoms with Crippen molar-refractivity contribution in [3.05, 3.63) is 71.3 Å². The van der Waals surface area contributed by atoms with Crippen LogP contribution in [0.1, 0.15) is 30.0 Å². The van der Waals surface area contributed by atoms with Gasteiger partial charge in [-0.25, -0.2) is 0 Å². The van der Waals surface area contributed by atoms with Gasteiger partial charge in [0.1, 0.15) is 9.93 Å². The van der Waals surface area contributed by atoms with Crippen LogP contribution in [0.15, 0.2) is 54.6 Å². The molecule has 1 nitrogen and oxygen atoms in total. The highest BCUT2D eigenvalue weighted by Gasteiger charge is 2.73. The van der Waals surface area contributed by atoms with E-state index in [2.05, 4.69) is 0 Å². The first-order chi connectivity index (χ1) is 9.81. The molecule has 0 aromatic heterocycles. The van der Waals surface area contributed by atoms with Gasteiger partial charge in [-0.1, -0.05) is 67.1 Å². The van der Waals surface area contributed by atoms with E-state index < -0.39 is 15.3 Å². The third-order valence-corrected chi connectivity index (χ3v) is 5.82. The molecule has 1 saturated carbocycles. The lowest BCUT2D eigenvalue weighted by Crippen LogP contribution is -2.39. The molecule has 3 heteroatoms. The number of halogens is 2. The van der Waals surface area contributed by atoms with Crippen LogP contribution in [-0.2, 0) is 5.60 Å². The van der Waals surface area contributed by atoms with Gasteiger partial charge in [0.25, 0.3) is 0 Å². The van der Waals surface area contributed by atoms with Gasteiger partial charge in [-0.3, -0.25) is 0 Å². The van der Waals surface area contributed by atoms with E-state index in [1.807, 2.05) is 68.4 Å². The van der Waals surface area contributed by atoms with Crippen LogP contribution in [0.25, 0.3) is 0 Å². The molecule has 2 atom stereocenters. The van der Waals surface area contributed by atoms with Crippen molar-refractivity contribution in [2.24, 2.45) is 5.41 Å². The molecular formula is C18H18Cl2O. The summed E-state index contributed by atoms with van der Waals surface area (Å²) in [6.45, 7) is 3.97. The Morgan fingerprint density at radius 1 is 0.952 bits per heavy atom. The first-order valence-electron chi connectivity index (χ1n) is 7.04. The highest BCUT2D eigenvalue weighted by atomic mass is 35.5. The molecule has 0 saturated heterocycles. The summed E-state index contributed by atoms with van der Waals surface area (Å²) in [5.41, 5.74) is 0.980. The van der Waals surface area contributed by atoms with Gasteiger partial charge >= 0.3 is 0 Å². The SMILES string of the molecule is Cc1ccc([C@@](O)(c2ccccc2)[C@]2(C)CC2(Cl)Cl)cc1. The zero-order valence-electron chi connectivity index (χ0n) is 12.1. The van der Waals surface area contributed by atoms with Crippen LogP contribution in [-0.4, -0.2) is 9.44 Å². The molecule has 1 aliphatic rings. The van der Waals surface area contributed by atoms with E-state index in [4.69, 9.17) is 23.2 Å². The molecule has 1 N–H and O–H groups in total. The predicted octanol–water partition coefficient (Wildman–Crippen LogP) is 4.81. The van der Waals surface area contributed by atoms with Crippen LogP contribution in [0.5, 0.6) is 0 Å². The number of hydrogen-bond donors (Lipinski definition) is 1. The molecule has 21 heavy (non-hydrogen) atoms. The van der Waals surface area contributed by atoms with Crippen molar-refractivity contribution in [1.82, 2.24) is 0 Å². The monoisotopic (exact) mass is 320 g/mol. The summed E-state index contributed by atoms with van der Waals surface area (Å²) in [6.07, 6.45) is 0.558. The van der Waals surface area contributed by atoms with Crippen molar-refractivity contribution in [2.45, 2.75) is 30.2 Å². The fourth-order valence-electron chi connectivity index (χ4n) is 3.07. The Morgan fingerprint density at radius 2 is 1.43 bits per heavy atom. The van der Waals surface area contributed by atoms with Crippen molar-refractivity contribution < 1.29 is 5.11 Å². The molecule has 2 aromatic carbocycles. The van der Waals surface area contributed by atoms with Crippen LogP contribution in [0.4, 0.5) is 0 Å². The van der Waals surface area contributed by atoms with E-state index in [-0.39, 0.29) is 0 Å². The van der Waals surface area contributed by atoms with E-state index in [9.17, 15) is 5.11 Å². The molecule has 1 aliphatic carbocycles. The van der Waals surface area contributed by atoms with Crippen molar-refractivity contribution in [2.75, 3.05) is 0 Å². The summed E-state index contributed by atoms with van der Waals surface area (Å²) in [5.74, 6) is 0. The fraction of sp³-hybridized carbons (Fsp3) is 0.333. The zero-order valence-corrected chi connectivity index (χ0v) is 13.6. The molecule has 0 amide bonds. The topological polar surface area (TPSA) is 20.2 Å². The molecule has 0 unspecified atom stereocenters. The maximum absolute atomic E-state index is 11.6. The lowest BCUT2D eigenvalue weighted by atomic mass is 9.74. The normalized spacial score (nSPS) is 26.1. The highest BCUT2D eigenvalue weighted by molar-refractivity contribution is 6.51. The Labute approximate surface area is 135 Å². The molecule has 0 heterocycles. The molecule has 2 aromatic rings. The summed E-state index contributed by atoms with van der Waals surface area (Å²) in [6, 6.07) is 17.5. The fourth-order valence-corrected chi connectivity index (χ4v) is 3.88. The number of benzene rings is 2. The minimum atomic E-state index is -1.20. The summed E-state index contributed by atoms with van der Waals surface area (Å²) < 4.78 is -0.914. The van der Waals surface area contributed by atoms with Gasteiger partial charge < -0.3 is 5.11 Å². The van der Waals surface area contributed by atoms with E-state index in [0.29, 0.717) is 6.42 Å². The molecule has 3 rings (SSSR count). The number of alkyl halides is 2. The number of aliphatic hydroxyl groups is 1. The molecule has 1 fully saturated rings. The van der Waals surface area contributed by atoms with Gasteiger partial charge in [0.15, 0.2) is 0 Å². The Hall–Kier alpha value is -1.02. The van der Waals surface area contributed by atoms with Crippen molar-refractivity contribution in [3.63, 3.8) is 0 Å². The summed E-state index contributed by atoms with van der Waals surface area (Å²) >= 11 is 12.7. The van der Waals surface area contributed by atoms with Crippen molar-refractivity contribution in [1.29, 1.82) is 0 Å². The van der Waals surface area contributed by atoms with E-state index >= 15 is 0 Å². The Bertz CT molecular complexity index is 651. The van der Waals surface area contributed by atoms with Gasteiger partial charge in [-0.2, -0.15) is 0 Å². The van der Waals surface area contributed by atoms with E-state index in [1.165, 1.54) is 0 Å². The number of aryl methyl sites for hydroxylation is 1. The minimum absolute atomic E-state index is 0.558. The van der Waals surface area contributed by atoms with Crippen LogP contribution >= 0.6 is 23.2 Å². The van der Waals surface area contributed by atoms with Crippen LogP contribution < -0.4 is 0 Å². The van der Waals surface area contributed by atoms with Gasteiger partial charge in [0.2, 0.25) is 0 Å². The third-order valence-electron chi connectivity index (χ3n) is 4.72. The minimum Gasteiger partial charge on any atom is -0.380 e. The summed E-state index contributed by atoms with van der Waals surface area (Å²) in [4.78, 5) is 0. The lowest BCUT2D eigenvalue weighted by molar-refractivity contribution is 0.00837. The lowest BCUT2D eigenvalue weighted by Gasteiger charge is -2.37. The van der Waals surface area contributed by atoms with Crippen molar-refractivity contribution >= 4 is 23.2 Å². The summed E-state index contributed by atoms with van der Waals surface area (Å²) in [5, 5.41) is 11.6. The van der Waals surface area contributed by atoms with Gasteiger partial charge in [0.05, 0.1) is 0 Å². The second-order valence-electron chi connectivity index (χ2n) is 6.16. The standard InChI is InChI=1S/C18H18Cl2O/c1-13-8-10-15(11-9-13)18(21,14-6-4-3-5-7-14)16(2)12-17(16,19)20/h3-11,21H,12H2,1-2H3/t16-,18+/m1/s1. The van der Waals surface area contributed by atoms with Crippen molar-refractivity contribution in [3.8, 4) is 0 Å². The number of hydrogen-bond acceptors (Lipinski definition) is 1.